The van der Waals surface area contributed by atoms with Crippen molar-refractivity contribution in [1.82, 2.24) is 9.97 Å². The van der Waals surface area contributed by atoms with Gasteiger partial charge in [0.2, 0.25) is 0 Å². The second-order valence-corrected chi connectivity index (χ2v) is 6.04. The van der Waals surface area contributed by atoms with E-state index in [1.54, 1.807) is 18.7 Å². The lowest BCUT2D eigenvalue weighted by Gasteiger charge is -2.19. The standard InChI is InChI=1S/C14H21N3O2S/c1-3-19-10-4-5-11-12(8-10)17-13(16-11)20-7-6-14(2,18)9-15/h4-5,8,18H,3,6-7,9,15H2,1-2H3,(H,16,17). The van der Waals surface area contributed by atoms with Gasteiger partial charge < -0.3 is 20.6 Å². The molecule has 110 valence electrons. The Morgan fingerprint density at radius 3 is 3.00 bits per heavy atom. The second kappa shape index (κ2) is 6.47. The van der Waals surface area contributed by atoms with E-state index in [-0.39, 0.29) is 6.54 Å². The van der Waals surface area contributed by atoms with Gasteiger partial charge in [-0.15, -0.1) is 0 Å². The third-order valence-corrected chi connectivity index (χ3v) is 3.94. The summed E-state index contributed by atoms with van der Waals surface area (Å²) in [5, 5.41) is 10.7. The summed E-state index contributed by atoms with van der Waals surface area (Å²) < 4.78 is 5.46. The summed E-state index contributed by atoms with van der Waals surface area (Å²) in [6.45, 7) is 4.63. The highest BCUT2D eigenvalue weighted by Gasteiger charge is 2.17. The number of aromatic nitrogens is 2. The van der Waals surface area contributed by atoms with Gasteiger partial charge in [0.05, 0.1) is 23.2 Å². The molecule has 1 aromatic carbocycles. The number of hydrogen-bond donors (Lipinski definition) is 3. The lowest BCUT2D eigenvalue weighted by atomic mass is 10.1. The van der Waals surface area contributed by atoms with Gasteiger partial charge in [0.1, 0.15) is 5.75 Å². The van der Waals surface area contributed by atoms with Crippen LogP contribution in [-0.2, 0) is 0 Å². The van der Waals surface area contributed by atoms with E-state index in [0.29, 0.717) is 13.0 Å². The Morgan fingerprint density at radius 2 is 2.30 bits per heavy atom. The number of nitrogens with one attached hydrogen (secondary N) is 1. The lowest BCUT2D eigenvalue weighted by molar-refractivity contribution is 0.0665. The number of nitrogens with two attached hydrogens (primary N) is 1. The van der Waals surface area contributed by atoms with Gasteiger partial charge in [-0.05, 0) is 32.4 Å². The summed E-state index contributed by atoms with van der Waals surface area (Å²) in [5.74, 6) is 1.61. The van der Waals surface area contributed by atoms with Crippen LogP contribution in [0, 0.1) is 0 Å². The number of nitrogens with zero attached hydrogens (tertiary/aromatic N) is 1. The fourth-order valence-electron chi connectivity index (χ4n) is 1.76. The molecule has 0 aliphatic rings. The number of aromatic amines is 1. The highest BCUT2D eigenvalue weighted by molar-refractivity contribution is 7.99. The second-order valence-electron chi connectivity index (χ2n) is 4.95. The van der Waals surface area contributed by atoms with E-state index in [2.05, 4.69) is 9.97 Å². The van der Waals surface area contributed by atoms with Crippen LogP contribution in [0.4, 0.5) is 0 Å². The van der Waals surface area contributed by atoms with E-state index in [0.717, 1.165) is 27.7 Å². The summed E-state index contributed by atoms with van der Waals surface area (Å²) in [4.78, 5) is 7.76. The summed E-state index contributed by atoms with van der Waals surface area (Å²) >= 11 is 1.58. The Hall–Kier alpha value is -1.24. The van der Waals surface area contributed by atoms with Crippen LogP contribution in [0.2, 0.25) is 0 Å². The van der Waals surface area contributed by atoms with Gasteiger partial charge in [0.15, 0.2) is 5.16 Å². The molecule has 20 heavy (non-hydrogen) atoms. The largest absolute Gasteiger partial charge is 0.494 e. The van der Waals surface area contributed by atoms with Crippen molar-refractivity contribution in [1.29, 1.82) is 0 Å². The van der Waals surface area contributed by atoms with Crippen molar-refractivity contribution in [3.63, 3.8) is 0 Å². The molecule has 1 heterocycles. The fourth-order valence-corrected chi connectivity index (χ4v) is 2.84. The Labute approximate surface area is 122 Å². The maximum atomic E-state index is 9.85. The van der Waals surface area contributed by atoms with Gasteiger partial charge in [-0.25, -0.2) is 4.98 Å². The molecule has 0 amide bonds. The normalized spacial score (nSPS) is 14.4. The number of imidazole rings is 1. The van der Waals surface area contributed by atoms with E-state index in [9.17, 15) is 5.11 Å². The van der Waals surface area contributed by atoms with Crippen LogP contribution in [0.5, 0.6) is 5.75 Å². The van der Waals surface area contributed by atoms with Crippen LogP contribution >= 0.6 is 11.8 Å². The van der Waals surface area contributed by atoms with Crippen molar-refractivity contribution in [2.24, 2.45) is 5.73 Å². The van der Waals surface area contributed by atoms with Crippen LogP contribution < -0.4 is 10.5 Å². The number of benzene rings is 1. The number of hydrogen-bond acceptors (Lipinski definition) is 5. The predicted octanol–water partition coefficient (Wildman–Crippen LogP) is 2.15. The van der Waals surface area contributed by atoms with E-state index < -0.39 is 5.60 Å². The first kappa shape index (κ1) is 15.2. The molecule has 1 atom stereocenters. The number of H-pyrrole nitrogens is 1. The van der Waals surface area contributed by atoms with Crippen molar-refractivity contribution < 1.29 is 9.84 Å². The monoisotopic (exact) mass is 295 g/mol. The van der Waals surface area contributed by atoms with Crippen molar-refractivity contribution in [3.8, 4) is 5.75 Å². The molecule has 0 aliphatic heterocycles. The predicted molar refractivity (Wildman–Crippen MR) is 82.3 cm³/mol. The molecule has 1 unspecified atom stereocenters. The first-order valence-corrected chi connectivity index (χ1v) is 7.70. The molecule has 2 rings (SSSR count). The highest BCUT2D eigenvalue weighted by atomic mass is 32.2. The minimum atomic E-state index is -0.804. The Morgan fingerprint density at radius 1 is 1.50 bits per heavy atom. The summed E-state index contributed by atoms with van der Waals surface area (Å²) in [6.07, 6.45) is 0.634. The number of thioether (sulfide) groups is 1. The van der Waals surface area contributed by atoms with Crippen LogP contribution in [0.15, 0.2) is 23.4 Å². The third kappa shape index (κ3) is 3.88. The van der Waals surface area contributed by atoms with Gasteiger partial charge in [-0.3, -0.25) is 0 Å². The quantitative estimate of drug-likeness (QED) is 0.682. The molecule has 5 nitrogen and oxygen atoms in total. The molecule has 0 aliphatic carbocycles. The zero-order chi connectivity index (χ0) is 14.6. The maximum Gasteiger partial charge on any atom is 0.166 e. The van der Waals surface area contributed by atoms with E-state index in [4.69, 9.17) is 10.5 Å². The smallest absolute Gasteiger partial charge is 0.166 e. The number of ether oxygens (including phenoxy) is 1. The molecular weight excluding hydrogens is 274 g/mol. The van der Waals surface area contributed by atoms with Crippen LogP contribution in [0.1, 0.15) is 20.3 Å². The lowest BCUT2D eigenvalue weighted by Crippen LogP contribution is -2.34. The Balaban J connectivity index is 2.01. The first-order valence-electron chi connectivity index (χ1n) is 6.72. The Bertz CT molecular complexity index is 569. The number of aliphatic hydroxyl groups is 1. The minimum Gasteiger partial charge on any atom is -0.494 e. The van der Waals surface area contributed by atoms with Crippen molar-refractivity contribution >= 4 is 22.8 Å². The molecule has 1 aromatic heterocycles. The number of rotatable bonds is 7. The van der Waals surface area contributed by atoms with E-state index in [1.807, 2.05) is 25.1 Å². The highest BCUT2D eigenvalue weighted by Crippen LogP contribution is 2.24. The fraction of sp³-hybridized carbons (Fsp3) is 0.500. The zero-order valence-electron chi connectivity index (χ0n) is 11.8. The molecule has 0 radical (unpaired) electrons. The zero-order valence-corrected chi connectivity index (χ0v) is 12.7. The van der Waals surface area contributed by atoms with Crippen molar-refractivity contribution in [3.05, 3.63) is 18.2 Å². The van der Waals surface area contributed by atoms with Gasteiger partial charge in [0, 0.05) is 18.4 Å². The molecule has 0 saturated heterocycles. The van der Waals surface area contributed by atoms with Gasteiger partial charge in [-0.1, -0.05) is 11.8 Å². The van der Waals surface area contributed by atoms with Crippen molar-refractivity contribution in [2.45, 2.75) is 31.0 Å². The average Bonchev–Trinajstić information content (AvgIpc) is 2.81. The van der Waals surface area contributed by atoms with Crippen molar-refractivity contribution in [2.75, 3.05) is 18.9 Å². The molecule has 0 bridgehead atoms. The van der Waals surface area contributed by atoms with Gasteiger partial charge in [-0.2, -0.15) is 0 Å². The molecule has 2 aromatic rings. The molecule has 0 spiro atoms. The molecule has 6 heteroatoms. The Kier molecular flexibility index (Phi) is 4.91. The summed E-state index contributed by atoms with van der Waals surface area (Å²) in [5.41, 5.74) is 6.57. The summed E-state index contributed by atoms with van der Waals surface area (Å²) in [6, 6.07) is 5.81. The summed E-state index contributed by atoms with van der Waals surface area (Å²) in [7, 11) is 0. The first-order chi connectivity index (χ1) is 9.54. The van der Waals surface area contributed by atoms with Gasteiger partial charge in [0.25, 0.3) is 0 Å². The van der Waals surface area contributed by atoms with Crippen LogP contribution in [0.25, 0.3) is 11.0 Å². The molecule has 4 N–H and O–H groups in total. The van der Waals surface area contributed by atoms with Gasteiger partial charge >= 0.3 is 0 Å². The SMILES string of the molecule is CCOc1ccc2nc(SCCC(C)(O)CN)[nH]c2c1. The van der Waals surface area contributed by atoms with Crippen LogP contribution in [0.3, 0.4) is 0 Å². The average molecular weight is 295 g/mol. The minimum absolute atomic E-state index is 0.269. The van der Waals surface area contributed by atoms with Crippen LogP contribution in [-0.4, -0.2) is 39.6 Å². The topological polar surface area (TPSA) is 84.2 Å². The van der Waals surface area contributed by atoms with E-state index in [1.165, 1.54) is 0 Å². The molecule has 0 fully saturated rings. The number of fused-ring (bicyclic) bond motifs is 1. The molecule has 0 saturated carbocycles. The molecular formula is C14H21N3O2S. The maximum absolute atomic E-state index is 9.85. The van der Waals surface area contributed by atoms with E-state index >= 15 is 0 Å². The third-order valence-electron chi connectivity index (χ3n) is 3.06.